The normalized spacial score (nSPS) is 20.4. The Kier molecular flexibility index (Phi) is 4.22. The van der Waals surface area contributed by atoms with E-state index >= 15 is 0 Å². The van der Waals surface area contributed by atoms with Gasteiger partial charge in [0, 0.05) is 6.42 Å². The van der Waals surface area contributed by atoms with E-state index in [1.807, 2.05) is 6.07 Å². The molecular formula is C16H24O. The Morgan fingerprint density at radius 3 is 2.41 bits per heavy atom. The molecule has 0 heterocycles. The minimum absolute atomic E-state index is 0.490. The van der Waals surface area contributed by atoms with E-state index in [2.05, 4.69) is 31.2 Å². The quantitative estimate of drug-likeness (QED) is 0.815. The van der Waals surface area contributed by atoms with E-state index in [4.69, 9.17) is 0 Å². The first-order valence-electron chi connectivity index (χ1n) is 6.98. The third-order valence-corrected chi connectivity index (χ3v) is 4.18. The van der Waals surface area contributed by atoms with Crippen LogP contribution in [0.1, 0.15) is 51.0 Å². The zero-order valence-corrected chi connectivity index (χ0v) is 10.9. The summed E-state index contributed by atoms with van der Waals surface area (Å²) in [6, 6.07) is 10.4. The molecule has 1 heteroatoms. The van der Waals surface area contributed by atoms with Crippen LogP contribution in [-0.4, -0.2) is 10.7 Å². The molecule has 0 radical (unpaired) electrons. The molecular weight excluding hydrogens is 208 g/mol. The lowest BCUT2D eigenvalue weighted by Crippen LogP contribution is -2.32. The van der Waals surface area contributed by atoms with E-state index < -0.39 is 5.60 Å². The van der Waals surface area contributed by atoms with E-state index in [1.54, 1.807) is 0 Å². The van der Waals surface area contributed by atoms with Crippen molar-refractivity contribution in [2.24, 2.45) is 5.92 Å². The van der Waals surface area contributed by atoms with Crippen LogP contribution >= 0.6 is 0 Å². The number of hydrogen-bond acceptors (Lipinski definition) is 1. The lowest BCUT2D eigenvalue weighted by Gasteiger charge is -2.30. The van der Waals surface area contributed by atoms with Gasteiger partial charge in [-0.25, -0.2) is 0 Å². The van der Waals surface area contributed by atoms with Crippen LogP contribution in [0.15, 0.2) is 30.3 Å². The van der Waals surface area contributed by atoms with E-state index in [9.17, 15) is 5.11 Å². The lowest BCUT2D eigenvalue weighted by molar-refractivity contribution is 0.0125. The maximum absolute atomic E-state index is 10.7. The van der Waals surface area contributed by atoms with Crippen LogP contribution in [0.2, 0.25) is 0 Å². The topological polar surface area (TPSA) is 20.2 Å². The van der Waals surface area contributed by atoms with Gasteiger partial charge in [-0.3, -0.25) is 0 Å². The Balaban J connectivity index is 1.98. The Bertz CT molecular complexity index is 327. The van der Waals surface area contributed by atoms with Gasteiger partial charge >= 0.3 is 0 Å². The summed E-state index contributed by atoms with van der Waals surface area (Å²) in [6.07, 6.45) is 8.00. The fourth-order valence-electron chi connectivity index (χ4n) is 3.07. The van der Waals surface area contributed by atoms with Gasteiger partial charge in [-0.2, -0.15) is 0 Å². The van der Waals surface area contributed by atoms with Crippen molar-refractivity contribution in [1.82, 2.24) is 0 Å². The molecule has 1 N–H and O–H groups in total. The second-order valence-corrected chi connectivity index (χ2v) is 5.59. The van der Waals surface area contributed by atoms with Crippen molar-refractivity contribution in [3.8, 4) is 0 Å². The van der Waals surface area contributed by atoms with Crippen LogP contribution in [0.4, 0.5) is 0 Å². The summed E-state index contributed by atoms with van der Waals surface area (Å²) >= 11 is 0. The highest BCUT2D eigenvalue weighted by Gasteiger charge is 2.30. The van der Waals surface area contributed by atoms with Crippen molar-refractivity contribution in [1.29, 1.82) is 0 Å². The minimum Gasteiger partial charge on any atom is -0.390 e. The summed E-state index contributed by atoms with van der Waals surface area (Å²) in [4.78, 5) is 0. The third kappa shape index (κ3) is 3.57. The van der Waals surface area contributed by atoms with Crippen LogP contribution in [0, 0.1) is 5.92 Å². The summed E-state index contributed by atoms with van der Waals surface area (Å²) in [6.45, 7) is 2.11. The van der Waals surface area contributed by atoms with Crippen molar-refractivity contribution >= 4 is 0 Å². The molecule has 0 saturated heterocycles. The zero-order valence-electron chi connectivity index (χ0n) is 10.9. The van der Waals surface area contributed by atoms with Crippen molar-refractivity contribution in [3.63, 3.8) is 0 Å². The third-order valence-electron chi connectivity index (χ3n) is 4.18. The SMILES string of the molecule is CCC(O)(Cc1ccccc1)CC1CCCC1. The second kappa shape index (κ2) is 5.68. The van der Waals surface area contributed by atoms with Gasteiger partial charge in [-0.05, 0) is 24.3 Å². The number of hydrogen-bond donors (Lipinski definition) is 1. The Labute approximate surface area is 105 Å². The monoisotopic (exact) mass is 232 g/mol. The van der Waals surface area contributed by atoms with Gasteiger partial charge in [0.1, 0.15) is 0 Å². The fourth-order valence-corrected chi connectivity index (χ4v) is 3.07. The predicted octanol–water partition coefficient (Wildman–Crippen LogP) is 3.95. The molecule has 1 aliphatic carbocycles. The molecule has 1 aliphatic rings. The van der Waals surface area contributed by atoms with Gasteiger partial charge < -0.3 is 5.11 Å². The van der Waals surface area contributed by atoms with Crippen LogP contribution in [0.3, 0.4) is 0 Å². The average molecular weight is 232 g/mol. The standard InChI is InChI=1S/C16H24O/c1-2-16(17,13-15-10-6-7-11-15)12-14-8-4-3-5-9-14/h3-5,8-9,15,17H,2,6-7,10-13H2,1H3. The van der Waals surface area contributed by atoms with Gasteiger partial charge in [0.05, 0.1) is 5.60 Å². The molecule has 1 unspecified atom stereocenters. The molecule has 0 amide bonds. The smallest absolute Gasteiger partial charge is 0.0688 e. The molecule has 1 aromatic rings. The summed E-state index contributed by atoms with van der Waals surface area (Å²) in [5.41, 5.74) is 0.769. The summed E-state index contributed by atoms with van der Waals surface area (Å²) in [5, 5.41) is 10.7. The lowest BCUT2D eigenvalue weighted by atomic mass is 9.83. The first kappa shape index (κ1) is 12.6. The van der Waals surface area contributed by atoms with Gasteiger partial charge in [0.15, 0.2) is 0 Å². The number of rotatable bonds is 5. The van der Waals surface area contributed by atoms with Crippen LogP contribution in [0.5, 0.6) is 0 Å². The van der Waals surface area contributed by atoms with Crippen molar-refractivity contribution in [3.05, 3.63) is 35.9 Å². The molecule has 0 aromatic heterocycles. The summed E-state index contributed by atoms with van der Waals surface area (Å²) in [5.74, 6) is 0.753. The molecule has 94 valence electrons. The molecule has 1 nitrogen and oxygen atoms in total. The molecule has 1 atom stereocenters. The largest absolute Gasteiger partial charge is 0.390 e. The summed E-state index contributed by atoms with van der Waals surface area (Å²) in [7, 11) is 0. The highest BCUT2D eigenvalue weighted by Crippen LogP contribution is 2.34. The highest BCUT2D eigenvalue weighted by molar-refractivity contribution is 5.17. The fraction of sp³-hybridized carbons (Fsp3) is 0.625. The highest BCUT2D eigenvalue weighted by atomic mass is 16.3. The predicted molar refractivity (Wildman–Crippen MR) is 72.0 cm³/mol. The molecule has 1 fully saturated rings. The number of benzene rings is 1. The number of aliphatic hydroxyl groups is 1. The maximum Gasteiger partial charge on any atom is 0.0688 e. The molecule has 0 spiro atoms. The van der Waals surface area contributed by atoms with E-state index in [1.165, 1.54) is 31.2 Å². The molecule has 0 bridgehead atoms. The van der Waals surface area contributed by atoms with E-state index in [-0.39, 0.29) is 0 Å². The van der Waals surface area contributed by atoms with E-state index in [0.717, 1.165) is 25.2 Å². The molecule has 1 aromatic carbocycles. The summed E-state index contributed by atoms with van der Waals surface area (Å²) < 4.78 is 0. The van der Waals surface area contributed by atoms with E-state index in [0.29, 0.717) is 0 Å². The molecule has 1 saturated carbocycles. The molecule has 17 heavy (non-hydrogen) atoms. The van der Waals surface area contributed by atoms with Crippen molar-refractivity contribution < 1.29 is 5.11 Å². The minimum atomic E-state index is -0.490. The van der Waals surface area contributed by atoms with Crippen LogP contribution < -0.4 is 0 Å². The molecule has 0 aliphatic heterocycles. The maximum atomic E-state index is 10.7. The Morgan fingerprint density at radius 2 is 1.82 bits per heavy atom. The average Bonchev–Trinajstić information content (AvgIpc) is 2.83. The Morgan fingerprint density at radius 1 is 1.18 bits per heavy atom. The first-order valence-corrected chi connectivity index (χ1v) is 6.98. The zero-order chi connectivity index (χ0) is 12.1. The Hall–Kier alpha value is -0.820. The van der Waals surface area contributed by atoms with Gasteiger partial charge in [0.2, 0.25) is 0 Å². The van der Waals surface area contributed by atoms with Gasteiger partial charge in [-0.15, -0.1) is 0 Å². The second-order valence-electron chi connectivity index (χ2n) is 5.59. The van der Waals surface area contributed by atoms with Crippen LogP contribution in [-0.2, 0) is 6.42 Å². The van der Waals surface area contributed by atoms with Gasteiger partial charge in [0.25, 0.3) is 0 Å². The van der Waals surface area contributed by atoms with Crippen LogP contribution in [0.25, 0.3) is 0 Å². The first-order chi connectivity index (χ1) is 8.22. The molecule has 2 rings (SSSR count). The van der Waals surface area contributed by atoms with Crippen molar-refractivity contribution in [2.45, 2.75) is 57.5 Å². The van der Waals surface area contributed by atoms with Gasteiger partial charge in [-0.1, -0.05) is 62.9 Å². The van der Waals surface area contributed by atoms with Crippen molar-refractivity contribution in [2.75, 3.05) is 0 Å².